The summed E-state index contributed by atoms with van der Waals surface area (Å²) >= 11 is 0. The summed E-state index contributed by atoms with van der Waals surface area (Å²) in [4.78, 5) is 14.7. The van der Waals surface area contributed by atoms with E-state index >= 15 is 0 Å². The van der Waals surface area contributed by atoms with E-state index in [1.54, 1.807) is 0 Å². The van der Waals surface area contributed by atoms with Gasteiger partial charge in [0, 0.05) is 13.1 Å². The standard InChI is InChI=1S/C17H24N2O2/c1-12(20)13-6-8-19(9-7-13)16(21)17(18)10-14-4-2-3-5-15(14)11-17/h2-5,12-13,20H,6-11,18H2,1H3/t12-/m1/s1. The third-order valence-electron chi connectivity index (χ3n) is 5.07. The number of aliphatic hydroxyl groups is 1. The molecule has 1 aliphatic heterocycles. The molecular weight excluding hydrogens is 264 g/mol. The number of nitrogens with zero attached hydrogens (tertiary/aromatic N) is 1. The molecule has 1 atom stereocenters. The van der Waals surface area contributed by atoms with Crippen LogP contribution in [0.15, 0.2) is 24.3 Å². The average molecular weight is 288 g/mol. The molecule has 0 unspecified atom stereocenters. The van der Waals surface area contributed by atoms with Crippen LogP contribution >= 0.6 is 0 Å². The number of carbonyl (C=O) groups excluding carboxylic acids is 1. The monoisotopic (exact) mass is 288 g/mol. The van der Waals surface area contributed by atoms with Crippen molar-refractivity contribution >= 4 is 5.91 Å². The van der Waals surface area contributed by atoms with Gasteiger partial charge in [-0.1, -0.05) is 24.3 Å². The summed E-state index contributed by atoms with van der Waals surface area (Å²) in [6.07, 6.45) is 2.72. The molecule has 114 valence electrons. The van der Waals surface area contributed by atoms with Crippen LogP contribution in [-0.4, -0.2) is 40.6 Å². The first-order valence-corrected chi connectivity index (χ1v) is 7.83. The second kappa shape index (κ2) is 5.43. The Labute approximate surface area is 125 Å². The molecule has 21 heavy (non-hydrogen) atoms. The Kier molecular flexibility index (Phi) is 3.76. The van der Waals surface area contributed by atoms with E-state index < -0.39 is 5.54 Å². The fourth-order valence-corrected chi connectivity index (χ4v) is 3.70. The molecule has 0 radical (unpaired) electrons. The summed E-state index contributed by atoms with van der Waals surface area (Å²) in [5.74, 6) is 0.381. The second-order valence-corrected chi connectivity index (χ2v) is 6.65. The second-order valence-electron chi connectivity index (χ2n) is 6.65. The molecule has 2 aliphatic rings. The number of piperidine rings is 1. The minimum absolute atomic E-state index is 0.0720. The smallest absolute Gasteiger partial charge is 0.243 e. The highest BCUT2D eigenvalue weighted by molar-refractivity contribution is 5.88. The largest absolute Gasteiger partial charge is 0.393 e. The van der Waals surface area contributed by atoms with E-state index in [9.17, 15) is 9.90 Å². The number of hydrogen-bond acceptors (Lipinski definition) is 3. The first-order valence-electron chi connectivity index (χ1n) is 7.83. The molecule has 3 rings (SSSR count). The fraction of sp³-hybridized carbons (Fsp3) is 0.588. The summed E-state index contributed by atoms with van der Waals surface area (Å²) in [5, 5.41) is 9.65. The van der Waals surface area contributed by atoms with Crippen molar-refractivity contribution in [2.24, 2.45) is 11.7 Å². The fourth-order valence-electron chi connectivity index (χ4n) is 3.70. The zero-order valence-electron chi connectivity index (χ0n) is 12.6. The lowest BCUT2D eigenvalue weighted by Gasteiger charge is -2.37. The Bertz CT molecular complexity index is 508. The van der Waals surface area contributed by atoms with Gasteiger partial charge in [0.25, 0.3) is 0 Å². The number of likely N-dealkylation sites (tertiary alicyclic amines) is 1. The van der Waals surface area contributed by atoms with Crippen molar-refractivity contribution in [3.05, 3.63) is 35.4 Å². The number of nitrogens with two attached hydrogens (primary N) is 1. The summed E-state index contributed by atoms with van der Waals surface area (Å²) in [5.41, 5.74) is 8.06. The highest BCUT2D eigenvalue weighted by Crippen LogP contribution is 2.31. The maximum absolute atomic E-state index is 12.8. The quantitative estimate of drug-likeness (QED) is 0.856. The number of carbonyl (C=O) groups is 1. The molecule has 4 nitrogen and oxygen atoms in total. The van der Waals surface area contributed by atoms with Crippen LogP contribution in [0.5, 0.6) is 0 Å². The predicted octanol–water partition coefficient (Wildman–Crippen LogP) is 1.10. The molecule has 1 fully saturated rings. The van der Waals surface area contributed by atoms with Gasteiger partial charge in [0.15, 0.2) is 0 Å². The van der Waals surface area contributed by atoms with Crippen LogP contribution < -0.4 is 5.73 Å². The lowest BCUT2D eigenvalue weighted by atomic mass is 9.89. The van der Waals surface area contributed by atoms with Gasteiger partial charge >= 0.3 is 0 Å². The molecule has 1 aliphatic carbocycles. The zero-order valence-corrected chi connectivity index (χ0v) is 12.6. The van der Waals surface area contributed by atoms with Crippen molar-refractivity contribution in [2.75, 3.05) is 13.1 Å². The Morgan fingerprint density at radius 2 is 1.81 bits per heavy atom. The van der Waals surface area contributed by atoms with Crippen LogP contribution in [-0.2, 0) is 17.6 Å². The van der Waals surface area contributed by atoms with Crippen LogP contribution in [0, 0.1) is 5.92 Å². The van der Waals surface area contributed by atoms with Gasteiger partial charge in [-0.05, 0) is 49.7 Å². The lowest BCUT2D eigenvalue weighted by Crippen LogP contribution is -2.57. The van der Waals surface area contributed by atoms with Crippen LogP contribution in [0.3, 0.4) is 0 Å². The molecule has 1 saturated heterocycles. The average Bonchev–Trinajstić information content (AvgIpc) is 2.84. The van der Waals surface area contributed by atoms with Crippen molar-refractivity contribution in [1.82, 2.24) is 4.90 Å². The Morgan fingerprint density at radius 1 is 1.29 bits per heavy atom. The molecule has 0 aromatic heterocycles. The van der Waals surface area contributed by atoms with Crippen LogP contribution in [0.2, 0.25) is 0 Å². The predicted molar refractivity (Wildman–Crippen MR) is 81.8 cm³/mol. The summed E-state index contributed by atoms with van der Waals surface area (Å²) in [6, 6.07) is 8.14. The molecule has 1 heterocycles. The Hall–Kier alpha value is -1.39. The van der Waals surface area contributed by atoms with E-state index in [1.807, 2.05) is 24.0 Å². The molecule has 0 saturated carbocycles. The van der Waals surface area contributed by atoms with E-state index in [2.05, 4.69) is 12.1 Å². The minimum atomic E-state index is -0.776. The normalized spacial score (nSPS) is 22.9. The van der Waals surface area contributed by atoms with Gasteiger partial charge in [-0.3, -0.25) is 4.79 Å². The van der Waals surface area contributed by atoms with Crippen LogP contribution in [0.4, 0.5) is 0 Å². The van der Waals surface area contributed by atoms with Crippen molar-refractivity contribution in [3.63, 3.8) is 0 Å². The zero-order chi connectivity index (χ0) is 15.0. The third-order valence-corrected chi connectivity index (χ3v) is 5.07. The van der Waals surface area contributed by atoms with Gasteiger partial charge in [-0.25, -0.2) is 0 Å². The van der Waals surface area contributed by atoms with Crippen molar-refractivity contribution in [1.29, 1.82) is 0 Å². The molecule has 3 N–H and O–H groups in total. The molecule has 0 spiro atoms. The summed E-state index contributed by atoms with van der Waals surface area (Å²) < 4.78 is 0. The third kappa shape index (κ3) is 2.70. The topological polar surface area (TPSA) is 66.6 Å². The van der Waals surface area contributed by atoms with E-state index in [0.29, 0.717) is 31.8 Å². The molecule has 1 aromatic rings. The first-order chi connectivity index (χ1) is 9.99. The van der Waals surface area contributed by atoms with Gasteiger partial charge < -0.3 is 15.7 Å². The minimum Gasteiger partial charge on any atom is -0.393 e. The summed E-state index contributed by atoms with van der Waals surface area (Å²) in [7, 11) is 0. The summed E-state index contributed by atoms with van der Waals surface area (Å²) in [6.45, 7) is 3.26. The molecule has 0 bridgehead atoms. The van der Waals surface area contributed by atoms with E-state index in [4.69, 9.17) is 5.73 Å². The molecule has 1 amide bonds. The number of benzene rings is 1. The first kappa shape index (κ1) is 14.5. The Balaban J connectivity index is 1.67. The maximum Gasteiger partial charge on any atom is 0.243 e. The maximum atomic E-state index is 12.8. The van der Waals surface area contributed by atoms with E-state index in [0.717, 1.165) is 12.8 Å². The molecule has 4 heteroatoms. The highest BCUT2D eigenvalue weighted by atomic mass is 16.3. The highest BCUT2D eigenvalue weighted by Gasteiger charge is 2.43. The van der Waals surface area contributed by atoms with Gasteiger partial charge in [-0.2, -0.15) is 0 Å². The molecule has 1 aromatic carbocycles. The number of rotatable bonds is 2. The van der Waals surface area contributed by atoms with Gasteiger partial charge in [0.05, 0.1) is 6.10 Å². The van der Waals surface area contributed by atoms with Gasteiger partial charge in [0.2, 0.25) is 5.91 Å². The van der Waals surface area contributed by atoms with Crippen LogP contribution in [0.25, 0.3) is 0 Å². The lowest BCUT2D eigenvalue weighted by molar-refractivity contribution is -0.138. The van der Waals surface area contributed by atoms with Gasteiger partial charge in [0.1, 0.15) is 5.54 Å². The number of aliphatic hydroxyl groups excluding tert-OH is 1. The number of amides is 1. The van der Waals surface area contributed by atoms with Gasteiger partial charge in [-0.15, -0.1) is 0 Å². The Morgan fingerprint density at radius 3 is 2.29 bits per heavy atom. The van der Waals surface area contributed by atoms with E-state index in [1.165, 1.54) is 11.1 Å². The molecular formula is C17H24N2O2. The van der Waals surface area contributed by atoms with E-state index in [-0.39, 0.29) is 12.0 Å². The van der Waals surface area contributed by atoms with Crippen molar-refractivity contribution in [2.45, 2.75) is 44.2 Å². The van der Waals surface area contributed by atoms with Crippen molar-refractivity contribution < 1.29 is 9.90 Å². The number of hydrogen-bond donors (Lipinski definition) is 2. The number of fused-ring (bicyclic) bond motifs is 1. The van der Waals surface area contributed by atoms with Crippen LogP contribution in [0.1, 0.15) is 30.9 Å². The SMILES string of the molecule is C[C@@H](O)C1CCN(C(=O)C2(N)Cc3ccccc3C2)CC1. The van der Waals surface area contributed by atoms with Crippen molar-refractivity contribution in [3.8, 4) is 0 Å².